The van der Waals surface area contributed by atoms with Crippen LogP contribution in [-0.2, 0) is 0 Å². The maximum atomic E-state index is 12.2. The molecule has 20 heavy (non-hydrogen) atoms. The minimum absolute atomic E-state index is 0.168. The molecule has 0 bridgehead atoms. The molecule has 0 aliphatic carbocycles. The van der Waals surface area contributed by atoms with Crippen molar-refractivity contribution >= 4 is 11.6 Å². The molecule has 0 radical (unpaired) electrons. The van der Waals surface area contributed by atoms with E-state index in [1.54, 1.807) is 31.4 Å². The standard InChI is InChI=1S/C16H18N2O2/c1-11(12-7-4-6-10-15(12)20-2)18-16(19)13-8-3-5-9-14(13)17/h3-11H,17H2,1-2H3,(H,18,19). The van der Waals surface area contributed by atoms with Gasteiger partial charge in [-0.05, 0) is 25.1 Å². The third-order valence-corrected chi connectivity index (χ3v) is 3.16. The van der Waals surface area contributed by atoms with Crippen molar-refractivity contribution in [2.75, 3.05) is 12.8 Å². The lowest BCUT2D eigenvalue weighted by molar-refractivity contribution is 0.0940. The van der Waals surface area contributed by atoms with E-state index in [9.17, 15) is 4.79 Å². The molecule has 0 aliphatic heterocycles. The van der Waals surface area contributed by atoms with E-state index in [4.69, 9.17) is 10.5 Å². The maximum absolute atomic E-state index is 12.2. The van der Waals surface area contributed by atoms with Crippen LogP contribution in [-0.4, -0.2) is 13.0 Å². The molecule has 4 nitrogen and oxygen atoms in total. The Bertz CT molecular complexity index is 611. The monoisotopic (exact) mass is 270 g/mol. The highest BCUT2D eigenvalue weighted by Gasteiger charge is 2.15. The van der Waals surface area contributed by atoms with Crippen LogP contribution in [0, 0.1) is 0 Å². The average Bonchev–Trinajstić information content (AvgIpc) is 2.47. The second kappa shape index (κ2) is 6.10. The van der Waals surface area contributed by atoms with Crippen molar-refractivity contribution in [1.29, 1.82) is 0 Å². The van der Waals surface area contributed by atoms with Gasteiger partial charge in [0.15, 0.2) is 0 Å². The van der Waals surface area contributed by atoms with E-state index in [0.29, 0.717) is 11.3 Å². The molecule has 1 unspecified atom stereocenters. The minimum atomic E-state index is -0.193. The van der Waals surface area contributed by atoms with Crippen molar-refractivity contribution in [2.24, 2.45) is 0 Å². The minimum Gasteiger partial charge on any atom is -0.496 e. The molecule has 0 saturated heterocycles. The predicted molar refractivity (Wildman–Crippen MR) is 79.7 cm³/mol. The average molecular weight is 270 g/mol. The molecule has 0 fully saturated rings. The number of nitrogens with one attached hydrogen (secondary N) is 1. The first-order valence-corrected chi connectivity index (χ1v) is 6.41. The molecular weight excluding hydrogens is 252 g/mol. The third kappa shape index (κ3) is 2.91. The van der Waals surface area contributed by atoms with Crippen molar-refractivity contribution in [1.82, 2.24) is 5.32 Å². The molecule has 0 saturated carbocycles. The Morgan fingerprint density at radius 3 is 2.50 bits per heavy atom. The van der Waals surface area contributed by atoms with Crippen molar-refractivity contribution in [3.63, 3.8) is 0 Å². The van der Waals surface area contributed by atoms with Gasteiger partial charge in [-0.1, -0.05) is 30.3 Å². The van der Waals surface area contributed by atoms with Crippen LogP contribution >= 0.6 is 0 Å². The molecule has 3 N–H and O–H groups in total. The highest BCUT2D eigenvalue weighted by molar-refractivity contribution is 5.99. The van der Waals surface area contributed by atoms with Gasteiger partial charge in [0.25, 0.3) is 5.91 Å². The molecule has 2 aromatic carbocycles. The Kier molecular flexibility index (Phi) is 4.25. The van der Waals surface area contributed by atoms with Gasteiger partial charge in [-0.2, -0.15) is 0 Å². The lowest BCUT2D eigenvalue weighted by Gasteiger charge is -2.17. The molecule has 104 valence electrons. The molecule has 0 heterocycles. The first-order chi connectivity index (χ1) is 9.63. The summed E-state index contributed by atoms with van der Waals surface area (Å²) in [4.78, 5) is 12.2. The van der Waals surface area contributed by atoms with E-state index in [1.807, 2.05) is 31.2 Å². The van der Waals surface area contributed by atoms with Gasteiger partial charge in [0.1, 0.15) is 5.75 Å². The van der Waals surface area contributed by atoms with Crippen LogP contribution < -0.4 is 15.8 Å². The van der Waals surface area contributed by atoms with E-state index < -0.39 is 0 Å². The molecule has 1 amide bonds. The second-order valence-corrected chi connectivity index (χ2v) is 4.52. The normalized spacial score (nSPS) is 11.7. The van der Waals surface area contributed by atoms with Gasteiger partial charge >= 0.3 is 0 Å². The fourth-order valence-corrected chi connectivity index (χ4v) is 2.08. The first kappa shape index (κ1) is 13.9. The Hall–Kier alpha value is -2.49. The lowest BCUT2D eigenvalue weighted by Crippen LogP contribution is -2.27. The molecule has 0 aliphatic rings. The third-order valence-electron chi connectivity index (χ3n) is 3.16. The number of hydrogen-bond acceptors (Lipinski definition) is 3. The van der Waals surface area contributed by atoms with Crippen molar-refractivity contribution in [3.8, 4) is 5.75 Å². The first-order valence-electron chi connectivity index (χ1n) is 6.41. The predicted octanol–water partition coefficient (Wildman–Crippen LogP) is 2.77. The number of ether oxygens (including phenoxy) is 1. The van der Waals surface area contributed by atoms with Crippen LogP contribution in [0.5, 0.6) is 5.75 Å². The summed E-state index contributed by atoms with van der Waals surface area (Å²) in [5.74, 6) is 0.558. The summed E-state index contributed by atoms with van der Waals surface area (Å²) in [5, 5.41) is 2.93. The topological polar surface area (TPSA) is 64.3 Å². The molecule has 0 aromatic heterocycles. The fraction of sp³-hybridized carbons (Fsp3) is 0.188. The van der Waals surface area contributed by atoms with Crippen LogP contribution in [0.1, 0.15) is 28.9 Å². The summed E-state index contributed by atoms with van der Waals surface area (Å²) in [5.41, 5.74) is 7.69. The van der Waals surface area contributed by atoms with E-state index in [-0.39, 0.29) is 11.9 Å². The number of nitrogen functional groups attached to an aromatic ring is 1. The Morgan fingerprint density at radius 1 is 1.15 bits per heavy atom. The smallest absolute Gasteiger partial charge is 0.253 e. The van der Waals surface area contributed by atoms with Gasteiger partial charge in [0, 0.05) is 11.3 Å². The Labute approximate surface area is 118 Å². The van der Waals surface area contributed by atoms with Gasteiger partial charge < -0.3 is 15.8 Å². The Morgan fingerprint density at radius 2 is 1.80 bits per heavy atom. The summed E-state index contributed by atoms with van der Waals surface area (Å²) < 4.78 is 5.30. The molecule has 0 spiro atoms. The van der Waals surface area contributed by atoms with Gasteiger partial charge in [0.2, 0.25) is 0 Å². The zero-order chi connectivity index (χ0) is 14.5. The number of carbonyl (C=O) groups excluding carboxylic acids is 1. The maximum Gasteiger partial charge on any atom is 0.253 e. The zero-order valence-electron chi connectivity index (χ0n) is 11.6. The number of nitrogens with two attached hydrogens (primary N) is 1. The summed E-state index contributed by atoms with van der Waals surface area (Å²) >= 11 is 0. The van der Waals surface area contributed by atoms with Crippen molar-refractivity contribution < 1.29 is 9.53 Å². The van der Waals surface area contributed by atoms with Crippen LogP contribution in [0.15, 0.2) is 48.5 Å². The lowest BCUT2D eigenvalue weighted by atomic mass is 10.1. The summed E-state index contributed by atoms with van der Waals surface area (Å²) in [6, 6.07) is 14.5. The second-order valence-electron chi connectivity index (χ2n) is 4.52. The summed E-state index contributed by atoms with van der Waals surface area (Å²) in [6.07, 6.45) is 0. The number of methoxy groups -OCH3 is 1. The van der Waals surface area contributed by atoms with Crippen LogP contribution in [0.4, 0.5) is 5.69 Å². The van der Waals surface area contributed by atoms with Gasteiger partial charge in [-0.25, -0.2) is 0 Å². The highest BCUT2D eigenvalue weighted by atomic mass is 16.5. The van der Waals surface area contributed by atoms with Crippen LogP contribution in [0.3, 0.4) is 0 Å². The Balaban J connectivity index is 2.18. The van der Waals surface area contributed by atoms with E-state index in [0.717, 1.165) is 11.3 Å². The van der Waals surface area contributed by atoms with Crippen LogP contribution in [0.2, 0.25) is 0 Å². The quantitative estimate of drug-likeness (QED) is 0.840. The molecule has 2 aromatic rings. The number of amides is 1. The summed E-state index contributed by atoms with van der Waals surface area (Å²) in [7, 11) is 1.61. The molecule has 1 atom stereocenters. The SMILES string of the molecule is COc1ccccc1C(C)NC(=O)c1ccccc1N. The van der Waals surface area contributed by atoms with E-state index in [2.05, 4.69) is 5.32 Å². The molecule has 2 rings (SSSR count). The number of anilines is 1. The van der Waals surface area contributed by atoms with Crippen molar-refractivity contribution in [2.45, 2.75) is 13.0 Å². The van der Waals surface area contributed by atoms with Crippen molar-refractivity contribution in [3.05, 3.63) is 59.7 Å². The van der Waals surface area contributed by atoms with Gasteiger partial charge in [0.05, 0.1) is 18.7 Å². The number of rotatable bonds is 4. The number of carbonyl (C=O) groups is 1. The highest BCUT2D eigenvalue weighted by Crippen LogP contribution is 2.24. The number of hydrogen-bond donors (Lipinski definition) is 2. The number of para-hydroxylation sites is 2. The molecular formula is C16H18N2O2. The zero-order valence-corrected chi connectivity index (χ0v) is 11.6. The largest absolute Gasteiger partial charge is 0.496 e. The van der Waals surface area contributed by atoms with Gasteiger partial charge in [-0.3, -0.25) is 4.79 Å². The molecule has 4 heteroatoms. The fourth-order valence-electron chi connectivity index (χ4n) is 2.08. The van der Waals surface area contributed by atoms with Gasteiger partial charge in [-0.15, -0.1) is 0 Å². The number of benzene rings is 2. The summed E-state index contributed by atoms with van der Waals surface area (Å²) in [6.45, 7) is 1.91. The van der Waals surface area contributed by atoms with E-state index in [1.165, 1.54) is 0 Å². The van der Waals surface area contributed by atoms with E-state index >= 15 is 0 Å². The van der Waals surface area contributed by atoms with Crippen LogP contribution in [0.25, 0.3) is 0 Å².